The number of nitrogens with one attached hydrogen (secondary N) is 2. The molecule has 0 spiro atoms. The normalized spacial score (nSPS) is 13.8. The van der Waals surface area contributed by atoms with Gasteiger partial charge in [-0.1, -0.05) is 33.8 Å². The van der Waals surface area contributed by atoms with Crippen molar-refractivity contribution in [1.82, 2.24) is 19.7 Å². The standard InChI is InChI=1S/C32H32F2N4/c1-18(2)32-26-12-21(11-19(3)27-15-36-30-14-23(34)6-8-24(27)30)5-10-31(26)38(37-32)17-20(4)28-16-35-29-9-7-22(33)13-25(28)29/h5-10,12-16,18-20,35-36H,11,17H2,1-4H3. The molecule has 0 aliphatic carbocycles. The van der Waals surface area contributed by atoms with Gasteiger partial charge < -0.3 is 9.97 Å². The first kappa shape index (κ1) is 24.4. The SMILES string of the molecule is CC(C)c1nn(CC(C)c2c[nH]c3ccc(F)cc23)c2ccc(CC(C)c3c[nH]c4cc(F)ccc34)cc12. The maximum absolute atomic E-state index is 13.9. The molecule has 3 heterocycles. The fourth-order valence-corrected chi connectivity index (χ4v) is 5.82. The summed E-state index contributed by atoms with van der Waals surface area (Å²) in [6.45, 7) is 9.44. The predicted molar refractivity (Wildman–Crippen MR) is 151 cm³/mol. The van der Waals surface area contributed by atoms with Gasteiger partial charge >= 0.3 is 0 Å². The minimum absolute atomic E-state index is 0.153. The Kier molecular flexibility index (Phi) is 6.05. The second kappa shape index (κ2) is 9.43. The van der Waals surface area contributed by atoms with Gasteiger partial charge in [0.15, 0.2) is 0 Å². The quantitative estimate of drug-likeness (QED) is 0.222. The van der Waals surface area contributed by atoms with Gasteiger partial charge in [0.05, 0.1) is 11.2 Å². The van der Waals surface area contributed by atoms with Crippen molar-refractivity contribution in [3.8, 4) is 0 Å². The summed E-state index contributed by atoms with van der Waals surface area (Å²) in [5.74, 6) is 0.256. The molecule has 0 bridgehead atoms. The second-order valence-corrected chi connectivity index (χ2v) is 10.9. The highest BCUT2D eigenvalue weighted by Crippen LogP contribution is 2.33. The van der Waals surface area contributed by atoms with Crippen LogP contribution in [-0.4, -0.2) is 19.7 Å². The van der Waals surface area contributed by atoms with Crippen LogP contribution in [-0.2, 0) is 13.0 Å². The van der Waals surface area contributed by atoms with Crippen LogP contribution in [0.15, 0.2) is 67.0 Å². The van der Waals surface area contributed by atoms with Gasteiger partial charge in [0, 0.05) is 52.0 Å². The zero-order chi connectivity index (χ0) is 26.6. The van der Waals surface area contributed by atoms with Crippen LogP contribution in [0.25, 0.3) is 32.7 Å². The molecule has 2 atom stereocenters. The average molecular weight is 511 g/mol. The van der Waals surface area contributed by atoms with Crippen LogP contribution in [0.3, 0.4) is 0 Å². The summed E-state index contributed by atoms with van der Waals surface area (Å²) in [5, 5.41) is 8.23. The Morgan fingerprint density at radius 1 is 0.737 bits per heavy atom. The lowest BCUT2D eigenvalue weighted by molar-refractivity contribution is 0.550. The van der Waals surface area contributed by atoms with Crippen molar-refractivity contribution >= 4 is 32.7 Å². The van der Waals surface area contributed by atoms with E-state index >= 15 is 0 Å². The summed E-state index contributed by atoms with van der Waals surface area (Å²) in [6.07, 6.45) is 4.87. The lowest BCUT2D eigenvalue weighted by Gasteiger charge is -2.13. The summed E-state index contributed by atoms with van der Waals surface area (Å²) < 4.78 is 29.7. The number of aromatic amines is 2. The minimum atomic E-state index is -0.228. The molecule has 0 radical (unpaired) electrons. The number of halogens is 2. The molecule has 194 valence electrons. The lowest BCUT2D eigenvalue weighted by Crippen LogP contribution is -2.08. The third-order valence-corrected chi connectivity index (χ3v) is 7.79. The van der Waals surface area contributed by atoms with Gasteiger partial charge in [0.25, 0.3) is 0 Å². The Morgan fingerprint density at radius 3 is 2.24 bits per heavy atom. The summed E-state index contributed by atoms with van der Waals surface area (Å²) in [7, 11) is 0. The van der Waals surface area contributed by atoms with Gasteiger partial charge in [0.1, 0.15) is 11.6 Å². The first-order chi connectivity index (χ1) is 18.3. The second-order valence-electron chi connectivity index (χ2n) is 10.9. The van der Waals surface area contributed by atoms with Crippen LogP contribution in [0.4, 0.5) is 8.78 Å². The highest BCUT2D eigenvalue weighted by molar-refractivity contribution is 5.85. The summed E-state index contributed by atoms with van der Waals surface area (Å²) in [4.78, 5) is 6.50. The van der Waals surface area contributed by atoms with Crippen LogP contribution < -0.4 is 0 Å². The van der Waals surface area contributed by atoms with Gasteiger partial charge in [-0.3, -0.25) is 4.68 Å². The molecule has 3 aromatic carbocycles. The van der Waals surface area contributed by atoms with Crippen molar-refractivity contribution in [1.29, 1.82) is 0 Å². The van der Waals surface area contributed by atoms with Gasteiger partial charge in [-0.15, -0.1) is 0 Å². The lowest BCUT2D eigenvalue weighted by atomic mass is 9.92. The third kappa shape index (κ3) is 4.28. The molecule has 0 aliphatic rings. The molecule has 0 saturated carbocycles. The van der Waals surface area contributed by atoms with Gasteiger partial charge in [-0.25, -0.2) is 8.78 Å². The molecule has 4 nitrogen and oxygen atoms in total. The van der Waals surface area contributed by atoms with E-state index in [4.69, 9.17) is 5.10 Å². The van der Waals surface area contributed by atoms with Crippen LogP contribution in [0.1, 0.15) is 67.8 Å². The van der Waals surface area contributed by atoms with E-state index in [0.717, 1.165) is 45.0 Å². The van der Waals surface area contributed by atoms with Crippen molar-refractivity contribution in [2.24, 2.45) is 0 Å². The molecule has 6 heteroatoms. The van der Waals surface area contributed by atoms with E-state index in [0.29, 0.717) is 6.54 Å². The molecular weight excluding hydrogens is 478 g/mol. The number of H-pyrrole nitrogens is 2. The third-order valence-electron chi connectivity index (χ3n) is 7.79. The van der Waals surface area contributed by atoms with Crippen molar-refractivity contribution < 1.29 is 8.78 Å². The number of rotatable bonds is 7. The number of benzene rings is 3. The van der Waals surface area contributed by atoms with E-state index in [2.05, 4.69) is 60.5 Å². The monoisotopic (exact) mass is 510 g/mol. The van der Waals surface area contributed by atoms with Crippen molar-refractivity contribution in [2.45, 2.75) is 58.4 Å². The molecule has 3 aromatic heterocycles. The summed E-state index contributed by atoms with van der Waals surface area (Å²) in [5.41, 5.74) is 7.53. The van der Waals surface area contributed by atoms with Crippen LogP contribution in [0, 0.1) is 11.6 Å². The van der Waals surface area contributed by atoms with Gasteiger partial charge in [-0.2, -0.15) is 5.10 Å². The predicted octanol–water partition coefficient (Wildman–Crippen LogP) is 8.55. The first-order valence-corrected chi connectivity index (χ1v) is 13.3. The van der Waals surface area contributed by atoms with Crippen molar-refractivity contribution in [3.05, 3.63) is 101 Å². The van der Waals surface area contributed by atoms with Crippen molar-refractivity contribution in [2.75, 3.05) is 0 Å². The van der Waals surface area contributed by atoms with E-state index < -0.39 is 0 Å². The fourth-order valence-electron chi connectivity index (χ4n) is 5.82. The van der Waals surface area contributed by atoms with Crippen LogP contribution >= 0.6 is 0 Å². The zero-order valence-electron chi connectivity index (χ0n) is 22.1. The van der Waals surface area contributed by atoms with E-state index in [1.165, 1.54) is 28.6 Å². The fraction of sp³-hybridized carbons (Fsp3) is 0.281. The molecule has 2 N–H and O–H groups in total. The maximum Gasteiger partial charge on any atom is 0.125 e. The Bertz CT molecular complexity index is 1770. The Hall–Kier alpha value is -3.93. The van der Waals surface area contributed by atoms with E-state index in [-0.39, 0.29) is 29.4 Å². The van der Waals surface area contributed by atoms with Gasteiger partial charge in [0.2, 0.25) is 0 Å². The molecule has 0 fully saturated rings. The number of hydrogen-bond acceptors (Lipinski definition) is 1. The number of aromatic nitrogens is 4. The maximum atomic E-state index is 13.9. The molecule has 2 unspecified atom stereocenters. The van der Waals surface area contributed by atoms with Crippen molar-refractivity contribution in [3.63, 3.8) is 0 Å². The molecule has 0 saturated heterocycles. The highest BCUT2D eigenvalue weighted by atomic mass is 19.1. The van der Waals surface area contributed by atoms with E-state index in [9.17, 15) is 8.78 Å². The molecule has 6 aromatic rings. The van der Waals surface area contributed by atoms with Gasteiger partial charge in [-0.05, 0) is 83.5 Å². The number of fused-ring (bicyclic) bond motifs is 3. The summed E-state index contributed by atoms with van der Waals surface area (Å²) in [6, 6.07) is 16.5. The number of hydrogen-bond donors (Lipinski definition) is 2. The zero-order valence-corrected chi connectivity index (χ0v) is 22.1. The summed E-state index contributed by atoms with van der Waals surface area (Å²) >= 11 is 0. The molecular formula is C32H32F2N4. The Morgan fingerprint density at radius 2 is 1.45 bits per heavy atom. The van der Waals surface area contributed by atoms with E-state index in [1.54, 1.807) is 18.2 Å². The highest BCUT2D eigenvalue weighted by Gasteiger charge is 2.19. The largest absolute Gasteiger partial charge is 0.361 e. The smallest absolute Gasteiger partial charge is 0.125 e. The minimum Gasteiger partial charge on any atom is -0.361 e. The first-order valence-electron chi connectivity index (χ1n) is 13.3. The topological polar surface area (TPSA) is 49.4 Å². The molecule has 0 aliphatic heterocycles. The number of nitrogens with zero attached hydrogens (tertiary/aromatic N) is 2. The molecule has 6 rings (SSSR count). The Balaban J connectivity index is 1.30. The molecule has 38 heavy (non-hydrogen) atoms. The Labute approximate surface area is 220 Å². The van der Waals surface area contributed by atoms with E-state index in [1.807, 2.05) is 18.5 Å². The average Bonchev–Trinajstić information content (AvgIpc) is 3.58. The molecule has 0 amide bonds. The van der Waals surface area contributed by atoms with Crippen LogP contribution in [0.2, 0.25) is 0 Å². The van der Waals surface area contributed by atoms with Crippen LogP contribution in [0.5, 0.6) is 0 Å².